The molecule has 3 rings (SSSR count). The third kappa shape index (κ3) is 4.10. The molecule has 140 valence electrons. The van der Waals surface area contributed by atoms with Gasteiger partial charge in [-0.1, -0.05) is 12.1 Å². The first kappa shape index (κ1) is 18.5. The van der Waals surface area contributed by atoms with Gasteiger partial charge in [0.25, 0.3) is 0 Å². The standard InChI is InChI=1S/C18H20F3N3O2/c19-18(20,21)16-3-1-14(2-4-16)15-9-13(10-22)11-24(12-15)17(25)23-5-7-26-8-6-23/h1-4,13,15H,5-9,11-12H2. The number of halogens is 3. The molecule has 2 aliphatic rings. The first-order valence-electron chi connectivity index (χ1n) is 8.57. The fourth-order valence-electron chi connectivity index (χ4n) is 3.49. The summed E-state index contributed by atoms with van der Waals surface area (Å²) in [5.41, 5.74) is 0.0212. The van der Waals surface area contributed by atoms with Crippen molar-refractivity contribution in [2.45, 2.75) is 18.5 Å². The van der Waals surface area contributed by atoms with E-state index in [4.69, 9.17) is 4.74 Å². The van der Waals surface area contributed by atoms with E-state index in [9.17, 15) is 23.2 Å². The lowest BCUT2D eigenvalue weighted by Gasteiger charge is -2.39. The van der Waals surface area contributed by atoms with Crippen LogP contribution in [0.2, 0.25) is 0 Å². The number of hydrogen-bond donors (Lipinski definition) is 0. The number of hydrogen-bond acceptors (Lipinski definition) is 3. The molecule has 1 aromatic rings. The van der Waals surface area contributed by atoms with Crippen molar-refractivity contribution >= 4 is 6.03 Å². The fraction of sp³-hybridized carbons (Fsp3) is 0.556. The van der Waals surface area contributed by atoms with Gasteiger partial charge in [-0.25, -0.2) is 4.79 Å². The summed E-state index contributed by atoms with van der Waals surface area (Å²) in [6.07, 6.45) is -3.84. The van der Waals surface area contributed by atoms with Crippen molar-refractivity contribution in [1.82, 2.24) is 9.80 Å². The molecule has 5 nitrogen and oxygen atoms in total. The van der Waals surface area contributed by atoms with Gasteiger partial charge in [-0.3, -0.25) is 0 Å². The largest absolute Gasteiger partial charge is 0.416 e. The summed E-state index contributed by atoms with van der Waals surface area (Å²) in [7, 11) is 0. The molecule has 1 aromatic carbocycles. The van der Waals surface area contributed by atoms with E-state index < -0.39 is 11.7 Å². The Labute approximate surface area is 149 Å². The van der Waals surface area contributed by atoms with Crippen LogP contribution >= 0.6 is 0 Å². The van der Waals surface area contributed by atoms with Gasteiger partial charge in [0.2, 0.25) is 0 Å². The number of carbonyl (C=O) groups excluding carboxylic acids is 1. The molecule has 0 saturated carbocycles. The molecule has 0 aliphatic carbocycles. The van der Waals surface area contributed by atoms with Crippen LogP contribution < -0.4 is 0 Å². The summed E-state index contributed by atoms with van der Waals surface area (Å²) < 4.78 is 43.5. The van der Waals surface area contributed by atoms with Crippen LogP contribution in [0, 0.1) is 17.2 Å². The summed E-state index contributed by atoms with van der Waals surface area (Å²) in [6.45, 7) is 2.76. The SMILES string of the molecule is N#CC1CC(c2ccc(C(F)(F)F)cc2)CN(C(=O)N2CCOCC2)C1. The Morgan fingerprint density at radius 1 is 1.12 bits per heavy atom. The van der Waals surface area contributed by atoms with Crippen molar-refractivity contribution in [1.29, 1.82) is 5.26 Å². The van der Waals surface area contributed by atoms with Crippen molar-refractivity contribution in [3.8, 4) is 6.07 Å². The van der Waals surface area contributed by atoms with Gasteiger partial charge in [-0.2, -0.15) is 18.4 Å². The highest BCUT2D eigenvalue weighted by Crippen LogP contribution is 2.34. The first-order chi connectivity index (χ1) is 12.4. The number of benzene rings is 1. The number of urea groups is 1. The molecule has 0 spiro atoms. The van der Waals surface area contributed by atoms with Crippen molar-refractivity contribution in [2.24, 2.45) is 5.92 Å². The average Bonchev–Trinajstić information content (AvgIpc) is 2.67. The first-order valence-corrected chi connectivity index (χ1v) is 8.57. The maximum absolute atomic E-state index is 12.7. The molecule has 2 aliphatic heterocycles. The van der Waals surface area contributed by atoms with E-state index >= 15 is 0 Å². The number of morpholine rings is 1. The quantitative estimate of drug-likeness (QED) is 0.767. The molecule has 2 unspecified atom stereocenters. The summed E-state index contributed by atoms with van der Waals surface area (Å²) in [4.78, 5) is 16.1. The maximum atomic E-state index is 12.7. The van der Waals surface area contributed by atoms with E-state index in [2.05, 4.69) is 6.07 Å². The molecular weight excluding hydrogens is 347 g/mol. The number of likely N-dealkylation sites (tertiary alicyclic amines) is 1. The second-order valence-corrected chi connectivity index (χ2v) is 6.67. The second kappa shape index (κ2) is 7.54. The molecule has 0 aromatic heterocycles. The van der Waals surface area contributed by atoms with E-state index in [1.54, 1.807) is 9.80 Å². The molecule has 2 amide bonds. The molecule has 2 fully saturated rings. The van der Waals surface area contributed by atoms with Gasteiger partial charge in [-0.05, 0) is 24.1 Å². The summed E-state index contributed by atoms with van der Waals surface area (Å²) in [5, 5.41) is 9.35. The molecule has 26 heavy (non-hydrogen) atoms. The highest BCUT2D eigenvalue weighted by atomic mass is 19.4. The predicted octanol–water partition coefficient (Wildman–Crippen LogP) is 3.09. The van der Waals surface area contributed by atoms with Gasteiger partial charge < -0.3 is 14.5 Å². The van der Waals surface area contributed by atoms with Gasteiger partial charge in [0.1, 0.15) is 0 Å². The van der Waals surface area contributed by atoms with Crippen molar-refractivity contribution < 1.29 is 22.7 Å². The molecule has 2 saturated heterocycles. The zero-order valence-corrected chi connectivity index (χ0v) is 14.2. The van der Waals surface area contributed by atoms with Crippen molar-refractivity contribution in [2.75, 3.05) is 39.4 Å². The monoisotopic (exact) mass is 367 g/mol. The van der Waals surface area contributed by atoms with E-state index in [1.807, 2.05) is 0 Å². The Morgan fingerprint density at radius 2 is 1.77 bits per heavy atom. The summed E-state index contributed by atoms with van der Waals surface area (Å²) in [5.74, 6) is -0.485. The van der Waals surface area contributed by atoms with Crippen LogP contribution in [0.5, 0.6) is 0 Å². The zero-order valence-electron chi connectivity index (χ0n) is 14.2. The van der Waals surface area contributed by atoms with Crippen LogP contribution in [-0.2, 0) is 10.9 Å². The van der Waals surface area contributed by atoms with Crippen molar-refractivity contribution in [3.05, 3.63) is 35.4 Å². The molecule has 0 N–H and O–H groups in total. The van der Waals surface area contributed by atoms with Crippen LogP contribution in [0.15, 0.2) is 24.3 Å². The Bertz CT molecular complexity index is 678. The van der Waals surface area contributed by atoms with Crippen LogP contribution in [-0.4, -0.2) is 55.2 Å². The van der Waals surface area contributed by atoms with Gasteiger partial charge in [-0.15, -0.1) is 0 Å². The molecule has 2 atom stereocenters. The predicted molar refractivity (Wildman–Crippen MR) is 87.3 cm³/mol. The lowest BCUT2D eigenvalue weighted by molar-refractivity contribution is -0.137. The highest BCUT2D eigenvalue weighted by molar-refractivity contribution is 5.75. The lowest BCUT2D eigenvalue weighted by atomic mass is 9.85. The third-order valence-corrected chi connectivity index (χ3v) is 4.89. The highest BCUT2D eigenvalue weighted by Gasteiger charge is 2.34. The maximum Gasteiger partial charge on any atom is 0.416 e. The second-order valence-electron chi connectivity index (χ2n) is 6.67. The van der Waals surface area contributed by atoms with Crippen molar-refractivity contribution in [3.63, 3.8) is 0 Å². The Morgan fingerprint density at radius 3 is 2.35 bits per heavy atom. The lowest BCUT2D eigenvalue weighted by Crippen LogP contribution is -2.52. The van der Waals surface area contributed by atoms with E-state index in [-0.39, 0.29) is 17.9 Å². The minimum Gasteiger partial charge on any atom is -0.378 e. The molecule has 0 radical (unpaired) electrons. The van der Waals surface area contributed by atoms with Gasteiger partial charge in [0.05, 0.1) is 30.8 Å². The minimum absolute atomic E-state index is 0.134. The molecule has 8 heteroatoms. The number of ether oxygens (including phenoxy) is 1. The normalized spacial score (nSPS) is 24.2. The van der Waals surface area contributed by atoms with E-state index in [0.29, 0.717) is 45.8 Å². The minimum atomic E-state index is -4.38. The van der Waals surface area contributed by atoms with Crippen LogP contribution in [0.1, 0.15) is 23.5 Å². The summed E-state index contributed by atoms with van der Waals surface area (Å²) in [6, 6.07) is 7.08. The van der Waals surface area contributed by atoms with E-state index in [0.717, 1.165) is 17.7 Å². The molecule has 0 bridgehead atoms. The van der Waals surface area contributed by atoms with Gasteiger partial charge >= 0.3 is 12.2 Å². The Hall–Kier alpha value is -2.27. The number of nitrogens with zero attached hydrogens (tertiary/aromatic N) is 3. The number of rotatable bonds is 1. The topological polar surface area (TPSA) is 56.6 Å². The average molecular weight is 367 g/mol. The van der Waals surface area contributed by atoms with Crippen LogP contribution in [0.4, 0.5) is 18.0 Å². The summed E-state index contributed by atoms with van der Waals surface area (Å²) >= 11 is 0. The fourth-order valence-corrected chi connectivity index (χ4v) is 3.49. The third-order valence-electron chi connectivity index (χ3n) is 4.89. The van der Waals surface area contributed by atoms with Gasteiger partial charge in [0.15, 0.2) is 0 Å². The number of alkyl halides is 3. The molecular formula is C18H20F3N3O2. The smallest absolute Gasteiger partial charge is 0.378 e. The molecule has 2 heterocycles. The number of carbonyl (C=O) groups is 1. The Kier molecular flexibility index (Phi) is 5.37. The van der Waals surface area contributed by atoms with Gasteiger partial charge in [0, 0.05) is 32.1 Å². The van der Waals surface area contributed by atoms with Crippen LogP contribution in [0.3, 0.4) is 0 Å². The number of nitriles is 1. The number of amides is 2. The Balaban J connectivity index is 1.75. The number of piperidine rings is 1. The zero-order chi connectivity index (χ0) is 18.7. The van der Waals surface area contributed by atoms with E-state index in [1.165, 1.54) is 12.1 Å². The van der Waals surface area contributed by atoms with Crippen LogP contribution in [0.25, 0.3) is 0 Å².